The maximum Gasteiger partial charge on any atom is 0.417 e. The summed E-state index contributed by atoms with van der Waals surface area (Å²) in [4.78, 5) is 28.3. The summed E-state index contributed by atoms with van der Waals surface area (Å²) in [5.74, 6) is -0.106. The van der Waals surface area contributed by atoms with E-state index in [4.69, 9.17) is 4.74 Å². The van der Waals surface area contributed by atoms with Crippen LogP contribution < -0.4 is 0 Å². The number of hydrogen-bond acceptors (Lipinski definition) is 4. The number of amides is 2. The van der Waals surface area contributed by atoms with Crippen LogP contribution in [0, 0.1) is 5.41 Å². The fourth-order valence-electron chi connectivity index (χ4n) is 3.66. The molecule has 2 aliphatic heterocycles. The molecule has 0 saturated carbocycles. The molecule has 5 heteroatoms. The molecule has 0 N–H and O–H groups in total. The molecule has 1 unspecified atom stereocenters. The van der Waals surface area contributed by atoms with Crippen molar-refractivity contribution in [3.63, 3.8) is 0 Å². The summed E-state index contributed by atoms with van der Waals surface area (Å²) in [6, 6.07) is 10.4. The van der Waals surface area contributed by atoms with Crippen LogP contribution in [0.3, 0.4) is 0 Å². The fourth-order valence-corrected chi connectivity index (χ4v) is 3.66. The summed E-state index contributed by atoms with van der Waals surface area (Å²) in [5, 5.41) is 0. The van der Waals surface area contributed by atoms with Gasteiger partial charge in [0.15, 0.2) is 0 Å². The first-order chi connectivity index (χ1) is 11.3. The molecule has 1 aromatic carbocycles. The average molecular weight is 330 g/mol. The zero-order valence-corrected chi connectivity index (χ0v) is 14.7. The molecule has 0 aromatic heterocycles. The van der Waals surface area contributed by atoms with Gasteiger partial charge < -0.3 is 4.74 Å². The first-order valence-corrected chi connectivity index (χ1v) is 8.56. The fraction of sp³-hybridized carbons (Fsp3) is 0.579. The number of carbonyl (C=O) groups excluding carboxylic acids is 2. The monoisotopic (exact) mass is 330 g/mol. The van der Waals surface area contributed by atoms with Crippen molar-refractivity contribution in [2.45, 2.75) is 45.8 Å². The lowest BCUT2D eigenvalue weighted by atomic mass is 9.86. The van der Waals surface area contributed by atoms with Crippen LogP contribution >= 0.6 is 0 Å². The topological polar surface area (TPSA) is 49.9 Å². The molecule has 24 heavy (non-hydrogen) atoms. The van der Waals surface area contributed by atoms with Crippen molar-refractivity contribution >= 4 is 12.0 Å². The maximum absolute atomic E-state index is 12.3. The van der Waals surface area contributed by atoms with Gasteiger partial charge in [-0.3, -0.25) is 9.69 Å². The van der Waals surface area contributed by atoms with E-state index >= 15 is 0 Å². The molecule has 1 aromatic rings. The van der Waals surface area contributed by atoms with Crippen LogP contribution in [0.5, 0.6) is 0 Å². The third kappa shape index (κ3) is 3.78. The minimum atomic E-state index is -0.581. The third-order valence-electron chi connectivity index (χ3n) is 4.70. The normalized spacial score (nSPS) is 24.8. The van der Waals surface area contributed by atoms with Crippen molar-refractivity contribution in [1.82, 2.24) is 9.80 Å². The lowest BCUT2D eigenvalue weighted by Crippen LogP contribution is -2.39. The first-order valence-electron chi connectivity index (χ1n) is 8.56. The van der Waals surface area contributed by atoms with Crippen LogP contribution in [0.2, 0.25) is 0 Å². The lowest BCUT2D eigenvalue weighted by Gasteiger charge is -2.26. The Kier molecular flexibility index (Phi) is 4.38. The molecule has 130 valence electrons. The molecule has 0 bridgehead atoms. The molecule has 0 radical (unpaired) electrons. The Bertz CT molecular complexity index is 623. The van der Waals surface area contributed by atoms with Crippen molar-refractivity contribution < 1.29 is 14.3 Å². The summed E-state index contributed by atoms with van der Waals surface area (Å²) >= 11 is 0. The number of benzene rings is 1. The Morgan fingerprint density at radius 1 is 1.21 bits per heavy atom. The highest BCUT2D eigenvalue weighted by Gasteiger charge is 2.49. The average Bonchev–Trinajstić information content (AvgIpc) is 3.02. The van der Waals surface area contributed by atoms with Gasteiger partial charge in [-0.15, -0.1) is 0 Å². The van der Waals surface area contributed by atoms with Gasteiger partial charge in [0.1, 0.15) is 5.60 Å². The van der Waals surface area contributed by atoms with Gasteiger partial charge in [0.05, 0.1) is 0 Å². The van der Waals surface area contributed by atoms with Crippen molar-refractivity contribution in [3.05, 3.63) is 35.9 Å². The predicted molar refractivity (Wildman–Crippen MR) is 91.3 cm³/mol. The Morgan fingerprint density at radius 2 is 1.92 bits per heavy atom. The van der Waals surface area contributed by atoms with E-state index in [-0.39, 0.29) is 11.3 Å². The van der Waals surface area contributed by atoms with Gasteiger partial charge in [-0.1, -0.05) is 30.3 Å². The van der Waals surface area contributed by atoms with Crippen LogP contribution in [-0.4, -0.2) is 47.0 Å². The van der Waals surface area contributed by atoms with Crippen LogP contribution in [-0.2, 0) is 16.1 Å². The molecule has 2 saturated heterocycles. The standard InChI is InChI=1S/C19H26N2O3/c1-18(2,3)24-17(23)21-14-19(11-16(21)22)9-10-20(13-19)12-15-7-5-4-6-8-15/h4-8H,9-14H2,1-3H3. The minimum absolute atomic E-state index is 0.106. The Balaban J connectivity index is 1.62. The molecule has 2 aliphatic rings. The van der Waals surface area contributed by atoms with Gasteiger partial charge in [0.2, 0.25) is 5.91 Å². The van der Waals surface area contributed by atoms with E-state index in [9.17, 15) is 9.59 Å². The summed E-state index contributed by atoms with van der Waals surface area (Å²) < 4.78 is 5.37. The molecule has 1 atom stereocenters. The number of rotatable bonds is 2. The summed E-state index contributed by atoms with van der Waals surface area (Å²) in [7, 11) is 0. The zero-order chi connectivity index (χ0) is 17.4. The van der Waals surface area contributed by atoms with Gasteiger partial charge in [-0.05, 0) is 39.3 Å². The Labute approximate surface area is 143 Å². The van der Waals surface area contributed by atoms with Crippen LogP contribution in [0.15, 0.2) is 30.3 Å². The summed E-state index contributed by atoms with van der Waals surface area (Å²) in [6.45, 7) is 8.64. The van der Waals surface area contributed by atoms with Crippen LogP contribution in [0.4, 0.5) is 4.79 Å². The molecular formula is C19H26N2O3. The predicted octanol–water partition coefficient (Wildman–Crippen LogP) is 3.05. The summed E-state index contributed by atoms with van der Waals surface area (Å²) in [6.07, 6.45) is 0.883. The third-order valence-corrected chi connectivity index (χ3v) is 4.70. The number of nitrogens with zero attached hydrogens (tertiary/aromatic N) is 2. The maximum atomic E-state index is 12.3. The molecule has 3 rings (SSSR count). The molecule has 0 aliphatic carbocycles. The molecular weight excluding hydrogens is 304 g/mol. The van der Waals surface area contributed by atoms with Gasteiger partial charge in [-0.25, -0.2) is 9.69 Å². The lowest BCUT2D eigenvalue weighted by molar-refractivity contribution is -0.127. The minimum Gasteiger partial charge on any atom is -0.443 e. The Hall–Kier alpha value is -1.88. The van der Waals surface area contributed by atoms with E-state index in [1.165, 1.54) is 10.5 Å². The number of ether oxygens (including phenoxy) is 1. The van der Waals surface area contributed by atoms with E-state index in [2.05, 4.69) is 17.0 Å². The smallest absolute Gasteiger partial charge is 0.417 e. The molecule has 2 heterocycles. The Morgan fingerprint density at radius 3 is 2.58 bits per heavy atom. The van der Waals surface area contributed by atoms with Gasteiger partial charge in [0.25, 0.3) is 0 Å². The molecule has 5 nitrogen and oxygen atoms in total. The van der Waals surface area contributed by atoms with Crippen molar-refractivity contribution in [1.29, 1.82) is 0 Å². The second kappa shape index (κ2) is 6.20. The first kappa shape index (κ1) is 17.0. The molecule has 2 fully saturated rings. The highest BCUT2D eigenvalue weighted by atomic mass is 16.6. The van der Waals surface area contributed by atoms with Gasteiger partial charge in [-0.2, -0.15) is 0 Å². The van der Waals surface area contributed by atoms with Gasteiger partial charge in [0, 0.05) is 31.5 Å². The number of likely N-dealkylation sites (tertiary alicyclic amines) is 2. The van der Waals surface area contributed by atoms with E-state index in [1.54, 1.807) is 0 Å². The quantitative estimate of drug-likeness (QED) is 0.836. The highest BCUT2D eigenvalue weighted by Crippen LogP contribution is 2.41. The van der Waals surface area contributed by atoms with E-state index in [1.807, 2.05) is 39.0 Å². The van der Waals surface area contributed by atoms with Crippen molar-refractivity contribution in [2.75, 3.05) is 19.6 Å². The van der Waals surface area contributed by atoms with E-state index in [0.717, 1.165) is 26.1 Å². The van der Waals surface area contributed by atoms with E-state index < -0.39 is 11.7 Å². The number of hydrogen-bond donors (Lipinski definition) is 0. The van der Waals surface area contributed by atoms with Crippen molar-refractivity contribution in [2.24, 2.45) is 5.41 Å². The van der Waals surface area contributed by atoms with Crippen LogP contribution in [0.1, 0.15) is 39.2 Å². The SMILES string of the molecule is CC(C)(C)OC(=O)N1CC2(CCN(Cc3ccccc3)C2)CC1=O. The highest BCUT2D eigenvalue weighted by molar-refractivity contribution is 5.94. The molecule has 2 amide bonds. The second-order valence-corrected chi connectivity index (χ2v) is 8.08. The summed E-state index contributed by atoms with van der Waals surface area (Å²) in [5.41, 5.74) is 0.591. The zero-order valence-electron chi connectivity index (χ0n) is 14.7. The van der Waals surface area contributed by atoms with E-state index in [0.29, 0.717) is 13.0 Å². The number of carbonyl (C=O) groups is 2. The van der Waals surface area contributed by atoms with Crippen molar-refractivity contribution in [3.8, 4) is 0 Å². The largest absolute Gasteiger partial charge is 0.443 e. The molecule has 1 spiro atoms. The second-order valence-electron chi connectivity index (χ2n) is 8.08. The number of imide groups is 1. The van der Waals surface area contributed by atoms with Crippen LogP contribution in [0.25, 0.3) is 0 Å². The van der Waals surface area contributed by atoms with Gasteiger partial charge >= 0.3 is 6.09 Å².